The summed E-state index contributed by atoms with van der Waals surface area (Å²) in [4.78, 5) is 16.8. The lowest BCUT2D eigenvalue weighted by Gasteiger charge is -2.20. The van der Waals surface area contributed by atoms with Crippen molar-refractivity contribution in [1.29, 1.82) is 5.41 Å². The molecule has 2 aromatic rings. The number of amides is 1. The van der Waals surface area contributed by atoms with Crippen molar-refractivity contribution in [3.05, 3.63) is 57.9 Å². The van der Waals surface area contributed by atoms with Gasteiger partial charge in [-0.1, -0.05) is 31.5 Å². The highest BCUT2D eigenvalue weighted by Crippen LogP contribution is 2.31. The van der Waals surface area contributed by atoms with Crippen molar-refractivity contribution in [3.63, 3.8) is 0 Å². The summed E-state index contributed by atoms with van der Waals surface area (Å²) in [7, 11) is 0. The van der Waals surface area contributed by atoms with Gasteiger partial charge in [0, 0.05) is 28.0 Å². The van der Waals surface area contributed by atoms with Crippen molar-refractivity contribution in [1.82, 2.24) is 9.58 Å². The van der Waals surface area contributed by atoms with Gasteiger partial charge in [-0.3, -0.25) is 10.2 Å². The molecule has 0 bridgehead atoms. The van der Waals surface area contributed by atoms with E-state index in [1.165, 1.54) is 16.8 Å². The Morgan fingerprint density at radius 3 is 2.69 bits per heavy atom. The summed E-state index contributed by atoms with van der Waals surface area (Å²) in [5, 5.41) is 16.4. The van der Waals surface area contributed by atoms with Gasteiger partial charge in [-0.25, -0.2) is 0 Å². The van der Waals surface area contributed by atoms with Gasteiger partial charge in [-0.2, -0.15) is 15.1 Å². The molecular weight excluding hydrogens is 406 g/mol. The first-order valence-electron chi connectivity index (χ1n) is 9.21. The fourth-order valence-electron chi connectivity index (χ4n) is 3.34. The first-order chi connectivity index (χ1) is 13.8. The van der Waals surface area contributed by atoms with Crippen LogP contribution in [0.25, 0.3) is 11.8 Å². The van der Waals surface area contributed by atoms with Crippen molar-refractivity contribution in [2.45, 2.75) is 27.7 Å². The van der Waals surface area contributed by atoms with Crippen molar-refractivity contribution in [3.8, 4) is 5.69 Å². The number of fused-ring (bicyclic) bond motifs is 1. The van der Waals surface area contributed by atoms with Crippen LogP contribution in [-0.2, 0) is 4.79 Å². The van der Waals surface area contributed by atoms with Gasteiger partial charge in [0.05, 0.1) is 5.57 Å². The molecule has 1 aromatic heterocycles. The van der Waals surface area contributed by atoms with E-state index in [-0.39, 0.29) is 17.3 Å². The van der Waals surface area contributed by atoms with Crippen LogP contribution in [0.4, 0.5) is 0 Å². The summed E-state index contributed by atoms with van der Waals surface area (Å²) >= 11 is 7.50. The van der Waals surface area contributed by atoms with Crippen LogP contribution in [0.5, 0.6) is 0 Å². The minimum absolute atomic E-state index is 0.0516. The summed E-state index contributed by atoms with van der Waals surface area (Å²) in [6.45, 7) is 8.03. The lowest BCUT2D eigenvalue weighted by atomic mass is 10.1. The zero-order valence-corrected chi connectivity index (χ0v) is 18.1. The van der Waals surface area contributed by atoms with Crippen molar-refractivity contribution >= 4 is 51.4 Å². The summed E-state index contributed by atoms with van der Waals surface area (Å²) in [6.07, 6.45) is 1.72. The summed E-state index contributed by atoms with van der Waals surface area (Å²) < 4.78 is 2.07. The van der Waals surface area contributed by atoms with Crippen LogP contribution in [0.15, 0.2) is 46.0 Å². The van der Waals surface area contributed by atoms with Crippen molar-refractivity contribution in [2.75, 3.05) is 0 Å². The largest absolute Gasteiger partial charge is 0.318 e. The number of aromatic nitrogens is 1. The predicted octanol–water partition coefficient (Wildman–Crippen LogP) is 5.02. The number of rotatable bonds is 3. The maximum Gasteiger partial charge on any atom is 0.283 e. The second kappa shape index (κ2) is 7.31. The monoisotopic (exact) mass is 425 g/mol. The number of carbonyl (C=O) groups excluding carboxylic acids is 1. The summed E-state index contributed by atoms with van der Waals surface area (Å²) in [5.74, 6) is -0.155. The molecule has 2 aliphatic heterocycles. The lowest BCUT2D eigenvalue weighted by Crippen LogP contribution is -2.35. The molecule has 29 heavy (non-hydrogen) atoms. The lowest BCUT2D eigenvalue weighted by molar-refractivity contribution is -0.114. The number of aliphatic imine (C=N–C) groups is 1. The predicted molar refractivity (Wildman–Crippen MR) is 120 cm³/mol. The molecule has 4 rings (SSSR count). The van der Waals surface area contributed by atoms with Crippen molar-refractivity contribution < 1.29 is 4.79 Å². The molecular formula is C21H20ClN5OS. The van der Waals surface area contributed by atoms with E-state index in [9.17, 15) is 4.79 Å². The Morgan fingerprint density at radius 2 is 2.00 bits per heavy atom. The molecule has 3 heterocycles. The fraction of sp³-hybridized carbons (Fsp3) is 0.238. The van der Waals surface area contributed by atoms with E-state index < -0.39 is 5.91 Å². The molecule has 6 nitrogen and oxygen atoms in total. The zero-order valence-electron chi connectivity index (χ0n) is 16.5. The maximum atomic E-state index is 12.6. The van der Waals surface area contributed by atoms with E-state index >= 15 is 0 Å². The average Bonchev–Trinajstić information content (AvgIpc) is 3.20. The van der Waals surface area contributed by atoms with Crippen LogP contribution in [0, 0.1) is 25.2 Å². The number of amidine groups is 2. The number of hydrazone groups is 1. The third-order valence-corrected chi connectivity index (χ3v) is 6.24. The fourth-order valence-corrected chi connectivity index (χ4v) is 4.42. The van der Waals surface area contributed by atoms with Crippen LogP contribution in [0.1, 0.15) is 30.8 Å². The molecule has 0 saturated carbocycles. The number of thioether (sulfide) groups is 1. The van der Waals surface area contributed by atoms with Crippen LogP contribution >= 0.6 is 23.4 Å². The van der Waals surface area contributed by atoms with Gasteiger partial charge < -0.3 is 4.57 Å². The Kier molecular flexibility index (Phi) is 4.96. The second-order valence-corrected chi connectivity index (χ2v) is 8.68. The molecule has 148 valence electrons. The van der Waals surface area contributed by atoms with Gasteiger partial charge >= 0.3 is 0 Å². The van der Waals surface area contributed by atoms with Gasteiger partial charge in [0.15, 0.2) is 5.84 Å². The molecule has 1 aromatic carbocycles. The molecule has 1 N–H and O–H groups in total. The number of benzene rings is 1. The number of nitrogens with one attached hydrogen (secondary N) is 1. The first-order valence-corrected chi connectivity index (χ1v) is 10.4. The minimum atomic E-state index is -0.415. The van der Waals surface area contributed by atoms with Gasteiger partial charge in [0.2, 0.25) is 5.17 Å². The molecule has 0 aliphatic carbocycles. The first kappa shape index (κ1) is 19.7. The van der Waals surface area contributed by atoms with Gasteiger partial charge in [-0.15, -0.1) is 0 Å². The molecule has 8 heteroatoms. The summed E-state index contributed by atoms with van der Waals surface area (Å²) in [6, 6.07) is 9.61. The van der Waals surface area contributed by atoms with Crippen LogP contribution in [0.3, 0.4) is 0 Å². The van der Waals surface area contributed by atoms with E-state index in [0.29, 0.717) is 10.2 Å². The average molecular weight is 426 g/mol. The van der Waals surface area contributed by atoms with E-state index in [0.717, 1.165) is 27.7 Å². The number of aryl methyl sites for hydroxylation is 1. The highest BCUT2D eigenvalue weighted by atomic mass is 35.5. The molecule has 0 atom stereocenters. The van der Waals surface area contributed by atoms with Crippen LogP contribution in [0.2, 0.25) is 5.02 Å². The SMILES string of the molecule is Cc1cc(/C=C2\C(=N)N3N=C(C(C)C)SC3=NC2=O)c(C)n1-c1cccc(Cl)c1. The van der Waals surface area contributed by atoms with E-state index in [1.807, 2.05) is 58.0 Å². The molecule has 0 spiro atoms. The van der Waals surface area contributed by atoms with Crippen LogP contribution < -0.4 is 0 Å². The number of hydrogen-bond acceptors (Lipinski definition) is 4. The van der Waals surface area contributed by atoms with Gasteiger partial charge in [0.25, 0.3) is 5.91 Å². The molecule has 1 amide bonds. The van der Waals surface area contributed by atoms with Crippen molar-refractivity contribution in [2.24, 2.45) is 16.0 Å². The topological polar surface area (TPSA) is 73.8 Å². The Labute approximate surface area is 178 Å². The van der Waals surface area contributed by atoms with Crippen LogP contribution in [-0.4, -0.2) is 31.5 Å². The molecule has 2 aliphatic rings. The van der Waals surface area contributed by atoms with E-state index in [2.05, 4.69) is 14.7 Å². The van der Waals surface area contributed by atoms with Gasteiger partial charge in [0.1, 0.15) is 5.04 Å². The Hall–Kier alpha value is -2.64. The number of halogens is 1. The summed E-state index contributed by atoms with van der Waals surface area (Å²) in [5.41, 5.74) is 4.00. The van der Waals surface area contributed by atoms with E-state index in [1.54, 1.807) is 6.08 Å². The normalized spacial score (nSPS) is 17.9. The maximum absolute atomic E-state index is 12.6. The highest BCUT2D eigenvalue weighted by Gasteiger charge is 2.36. The number of nitrogens with zero attached hydrogens (tertiary/aromatic N) is 4. The third kappa shape index (κ3) is 3.45. The highest BCUT2D eigenvalue weighted by molar-refractivity contribution is 8.27. The zero-order chi connectivity index (χ0) is 20.9. The molecule has 0 radical (unpaired) electrons. The number of carbonyl (C=O) groups is 1. The molecule has 0 fully saturated rings. The molecule has 0 unspecified atom stereocenters. The number of hydrogen-bond donors (Lipinski definition) is 1. The smallest absolute Gasteiger partial charge is 0.283 e. The van der Waals surface area contributed by atoms with Gasteiger partial charge in [-0.05, 0) is 61.5 Å². The molecule has 0 saturated heterocycles. The Bertz CT molecular complexity index is 1140. The standard InChI is InChI=1S/C21H20ClN5OS/c1-11(2)20-25-27-18(23)17(19(28)24-21(27)29-20)9-14-8-12(3)26(13(14)4)16-7-5-6-15(22)10-16/h5-11,23H,1-4H3/b17-9+,23-18?. The Balaban J connectivity index is 1.75. The second-order valence-electron chi connectivity index (χ2n) is 7.25. The third-order valence-electron chi connectivity index (χ3n) is 4.80. The van der Waals surface area contributed by atoms with E-state index in [4.69, 9.17) is 17.0 Å². The quantitative estimate of drug-likeness (QED) is 0.701. The Morgan fingerprint density at radius 1 is 1.24 bits per heavy atom. The minimum Gasteiger partial charge on any atom is -0.318 e.